The van der Waals surface area contributed by atoms with Gasteiger partial charge in [-0.1, -0.05) is 42.2 Å². The lowest BCUT2D eigenvalue weighted by Gasteiger charge is -1.98. The quantitative estimate of drug-likeness (QED) is 0.508. The fourth-order valence-corrected chi connectivity index (χ4v) is 1.65. The number of hydrogen-bond acceptors (Lipinski definition) is 3. The monoisotopic (exact) mass is 253 g/mol. The Kier molecular flexibility index (Phi) is 3.91. The van der Waals surface area contributed by atoms with Crippen molar-refractivity contribution in [2.45, 2.75) is 6.61 Å². The van der Waals surface area contributed by atoms with E-state index in [1.807, 2.05) is 12.1 Å². The van der Waals surface area contributed by atoms with Gasteiger partial charge in [-0.25, -0.2) is 0 Å². The first kappa shape index (κ1) is 12.8. The Morgan fingerprint density at radius 3 is 2.26 bits per heavy atom. The van der Waals surface area contributed by atoms with E-state index < -0.39 is 4.92 Å². The number of aliphatic hydroxyl groups is 1. The van der Waals surface area contributed by atoms with Crippen LogP contribution in [-0.2, 0) is 6.61 Å². The minimum atomic E-state index is -0.456. The standard InChI is InChI=1S/C15H11NO3/c17-11-14-7-2-1-5-12(14)9-10-13-6-3-4-8-15(13)16(18)19/h1-8,17H,11H2. The summed E-state index contributed by atoms with van der Waals surface area (Å²) in [7, 11) is 0. The van der Waals surface area contributed by atoms with Crippen LogP contribution in [0.25, 0.3) is 0 Å². The van der Waals surface area contributed by atoms with Gasteiger partial charge in [0.15, 0.2) is 0 Å². The number of benzene rings is 2. The number of nitro benzene ring substituents is 1. The Morgan fingerprint density at radius 1 is 1.00 bits per heavy atom. The minimum Gasteiger partial charge on any atom is -0.392 e. The zero-order valence-electron chi connectivity index (χ0n) is 10.0. The number of rotatable bonds is 2. The molecule has 0 bridgehead atoms. The Bertz CT molecular complexity index is 668. The van der Waals surface area contributed by atoms with Crippen molar-refractivity contribution in [1.82, 2.24) is 0 Å². The molecule has 4 nitrogen and oxygen atoms in total. The second kappa shape index (κ2) is 5.80. The fourth-order valence-electron chi connectivity index (χ4n) is 1.65. The van der Waals surface area contributed by atoms with Crippen molar-refractivity contribution in [3.63, 3.8) is 0 Å². The maximum absolute atomic E-state index is 10.9. The van der Waals surface area contributed by atoms with Crippen LogP contribution in [0.1, 0.15) is 16.7 Å². The topological polar surface area (TPSA) is 63.4 Å². The first-order valence-corrected chi connectivity index (χ1v) is 5.66. The van der Waals surface area contributed by atoms with E-state index in [9.17, 15) is 15.2 Å². The summed E-state index contributed by atoms with van der Waals surface area (Å²) in [6, 6.07) is 13.5. The second-order valence-electron chi connectivity index (χ2n) is 3.84. The Balaban J connectivity index is 2.42. The van der Waals surface area contributed by atoms with Gasteiger partial charge in [-0.15, -0.1) is 0 Å². The predicted octanol–water partition coefficient (Wildman–Crippen LogP) is 2.49. The van der Waals surface area contributed by atoms with E-state index in [1.54, 1.807) is 30.3 Å². The Hall–Kier alpha value is -2.64. The summed E-state index contributed by atoms with van der Waals surface area (Å²) in [5.41, 5.74) is 1.72. The van der Waals surface area contributed by atoms with Crippen LogP contribution in [0.4, 0.5) is 5.69 Å². The van der Waals surface area contributed by atoms with Crippen molar-refractivity contribution in [3.8, 4) is 11.8 Å². The molecule has 4 heteroatoms. The Labute approximate surface area is 110 Å². The van der Waals surface area contributed by atoms with E-state index in [0.717, 1.165) is 0 Å². The molecule has 0 aliphatic heterocycles. The molecule has 0 aliphatic rings. The van der Waals surface area contributed by atoms with E-state index in [4.69, 9.17) is 0 Å². The predicted molar refractivity (Wildman–Crippen MR) is 71.4 cm³/mol. The van der Waals surface area contributed by atoms with E-state index >= 15 is 0 Å². The summed E-state index contributed by atoms with van der Waals surface area (Å²) < 4.78 is 0. The van der Waals surface area contributed by atoms with Gasteiger partial charge >= 0.3 is 0 Å². The van der Waals surface area contributed by atoms with Gasteiger partial charge in [0, 0.05) is 11.6 Å². The fraction of sp³-hybridized carbons (Fsp3) is 0.0667. The third-order valence-electron chi connectivity index (χ3n) is 2.62. The highest BCUT2D eigenvalue weighted by Gasteiger charge is 2.09. The zero-order valence-corrected chi connectivity index (χ0v) is 10.0. The van der Waals surface area contributed by atoms with Gasteiger partial charge in [0.25, 0.3) is 5.69 Å². The van der Waals surface area contributed by atoms with Crippen molar-refractivity contribution in [3.05, 3.63) is 75.3 Å². The molecule has 0 radical (unpaired) electrons. The largest absolute Gasteiger partial charge is 0.392 e. The SMILES string of the molecule is O=[N+]([O-])c1ccccc1C#Cc1ccccc1CO. The van der Waals surface area contributed by atoms with Crippen molar-refractivity contribution < 1.29 is 10.0 Å². The van der Waals surface area contributed by atoms with Crippen molar-refractivity contribution in [1.29, 1.82) is 0 Å². The molecule has 0 saturated carbocycles. The van der Waals surface area contributed by atoms with Crippen LogP contribution >= 0.6 is 0 Å². The maximum Gasteiger partial charge on any atom is 0.284 e. The molecule has 19 heavy (non-hydrogen) atoms. The van der Waals surface area contributed by atoms with Crippen molar-refractivity contribution >= 4 is 5.69 Å². The molecule has 0 aliphatic carbocycles. The molecule has 2 aromatic carbocycles. The minimum absolute atomic E-state index is 0.0171. The van der Waals surface area contributed by atoms with Crippen LogP contribution < -0.4 is 0 Å². The molecule has 0 unspecified atom stereocenters. The molecule has 2 aromatic rings. The average molecular weight is 253 g/mol. The summed E-state index contributed by atoms with van der Waals surface area (Å²) in [6.07, 6.45) is 0. The number of nitrogens with zero attached hydrogens (tertiary/aromatic N) is 1. The Morgan fingerprint density at radius 2 is 1.58 bits per heavy atom. The highest BCUT2D eigenvalue weighted by atomic mass is 16.6. The zero-order chi connectivity index (χ0) is 13.7. The smallest absolute Gasteiger partial charge is 0.284 e. The molecule has 0 saturated heterocycles. The molecule has 0 spiro atoms. The first-order valence-electron chi connectivity index (χ1n) is 5.66. The third kappa shape index (κ3) is 2.97. The van der Waals surface area contributed by atoms with Crippen molar-refractivity contribution in [2.24, 2.45) is 0 Å². The van der Waals surface area contributed by atoms with Crippen LogP contribution in [-0.4, -0.2) is 10.0 Å². The molecule has 0 amide bonds. The molecule has 94 valence electrons. The third-order valence-corrected chi connectivity index (χ3v) is 2.62. The summed E-state index contributed by atoms with van der Waals surface area (Å²) in [4.78, 5) is 10.4. The second-order valence-corrected chi connectivity index (χ2v) is 3.84. The number of aliphatic hydroxyl groups excluding tert-OH is 1. The maximum atomic E-state index is 10.9. The lowest BCUT2D eigenvalue weighted by atomic mass is 10.1. The van der Waals surface area contributed by atoms with Crippen LogP contribution in [0.15, 0.2) is 48.5 Å². The van der Waals surface area contributed by atoms with E-state index in [-0.39, 0.29) is 12.3 Å². The van der Waals surface area contributed by atoms with E-state index in [2.05, 4.69) is 11.8 Å². The summed E-state index contributed by atoms with van der Waals surface area (Å²) in [5, 5.41) is 20.0. The van der Waals surface area contributed by atoms with Crippen LogP contribution in [0, 0.1) is 22.0 Å². The van der Waals surface area contributed by atoms with Gasteiger partial charge < -0.3 is 5.11 Å². The van der Waals surface area contributed by atoms with E-state index in [1.165, 1.54) is 6.07 Å². The van der Waals surface area contributed by atoms with Crippen molar-refractivity contribution in [2.75, 3.05) is 0 Å². The van der Waals surface area contributed by atoms with Crippen LogP contribution in [0.2, 0.25) is 0 Å². The summed E-state index contributed by atoms with van der Waals surface area (Å²) in [6.45, 7) is -0.109. The van der Waals surface area contributed by atoms with Gasteiger partial charge in [0.2, 0.25) is 0 Å². The van der Waals surface area contributed by atoms with Gasteiger partial charge in [0.1, 0.15) is 5.56 Å². The first-order chi connectivity index (χ1) is 9.22. The molecule has 0 aromatic heterocycles. The number of nitro groups is 1. The summed E-state index contributed by atoms with van der Waals surface area (Å²) >= 11 is 0. The molecule has 2 rings (SSSR count). The molecule has 0 fully saturated rings. The summed E-state index contributed by atoms with van der Waals surface area (Å²) in [5.74, 6) is 5.64. The number of para-hydroxylation sites is 1. The molecular weight excluding hydrogens is 242 g/mol. The van der Waals surface area contributed by atoms with Gasteiger partial charge in [-0.3, -0.25) is 10.1 Å². The molecule has 1 N–H and O–H groups in total. The highest BCUT2D eigenvalue weighted by molar-refractivity contribution is 5.54. The van der Waals surface area contributed by atoms with Gasteiger partial charge in [0.05, 0.1) is 11.5 Å². The molecule has 0 heterocycles. The molecule has 0 atom stereocenters. The van der Waals surface area contributed by atoms with Gasteiger partial charge in [-0.2, -0.15) is 0 Å². The normalized spacial score (nSPS) is 9.53. The highest BCUT2D eigenvalue weighted by Crippen LogP contribution is 2.16. The average Bonchev–Trinajstić information content (AvgIpc) is 2.45. The molecular formula is C15H11NO3. The lowest BCUT2D eigenvalue weighted by Crippen LogP contribution is -1.92. The lowest BCUT2D eigenvalue weighted by molar-refractivity contribution is -0.385. The number of hydrogen-bond donors (Lipinski definition) is 1. The van der Waals surface area contributed by atoms with Gasteiger partial charge in [-0.05, 0) is 17.7 Å². The van der Waals surface area contributed by atoms with Crippen LogP contribution in [0.5, 0.6) is 0 Å². The van der Waals surface area contributed by atoms with E-state index in [0.29, 0.717) is 16.7 Å². The van der Waals surface area contributed by atoms with Crippen LogP contribution in [0.3, 0.4) is 0 Å².